The van der Waals surface area contributed by atoms with Crippen molar-refractivity contribution >= 4 is 5.91 Å². The van der Waals surface area contributed by atoms with Crippen molar-refractivity contribution in [1.82, 2.24) is 5.32 Å². The van der Waals surface area contributed by atoms with E-state index in [-0.39, 0.29) is 5.91 Å². The van der Waals surface area contributed by atoms with Gasteiger partial charge in [0.2, 0.25) is 5.91 Å². The molecule has 3 aliphatic rings. The van der Waals surface area contributed by atoms with Gasteiger partial charge in [-0.2, -0.15) is 0 Å². The average molecular weight is 207 g/mol. The molecule has 3 rings (SSSR count). The first-order chi connectivity index (χ1) is 7.28. The van der Waals surface area contributed by atoms with Crippen molar-refractivity contribution in [3.63, 3.8) is 0 Å². The maximum absolute atomic E-state index is 11.4. The molecule has 3 atom stereocenters. The summed E-state index contributed by atoms with van der Waals surface area (Å²) < 4.78 is 5.78. The number of carbonyl (C=O) groups is 1. The Labute approximate surface area is 89.9 Å². The molecule has 2 aliphatic carbocycles. The molecule has 0 aromatic rings. The van der Waals surface area contributed by atoms with E-state index in [1.165, 1.54) is 25.3 Å². The minimum absolute atomic E-state index is 0.0309. The smallest absolute Gasteiger partial charge is 0.243 e. The van der Waals surface area contributed by atoms with Crippen LogP contribution in [0.4, 0.5) is 0 Å². The maximum Gasteiger partial charge on any atom is 0.243 e. The lowest BCUT2D eigenvalue weighted by Gasteiger charge is -2.63. The monoisotopic (exact) mass is 207 g/mol. The first-order valence-electron chi connectivity index (χ1n) is 5.82. The number of rotatable bonds is 2. The largest absolute Gasteiger partial charge is 0.377 e. The molecule has 1 saturated heterocycles. The predicted molar refractivity (Wildman–Crippen MR) is 56.3 cm³/mol. The number of carbonyl (C=O) groups excluding carboxylic acids is 1. The molecule has 1 heterocycles. The summed E-state index contributed by atoms with van der Waals surface area (Å²) in [5.74, 6) is 0.533. The summed E-state index contributed by atoms with van der Waals surface area (Å²) in [6.45, 7) is 4.38. The molecule has 2 saturated carbocycles. The second-order valence-electron chi connectivity index (χ2n) is 5.02. The van der Waals surface area contributed by atoms with E-state index in [9.17, 15) is 4.79 Å². The molecule has 0 bridgehead atoms. The van der Waals surface area contributed by atoms with Crippen molar-refractivity contribution in [2.24, 2.45) is 11.3 Å². The van der Waals surface area contributed by atoms with Gasteiger partial charge in [0.15, 0.2) is 0 Å². The second-order valence-corrected chi connectivity index (χ2v) is 5.02. The highest BCUT2D eigenvalue weighted by Gasteiger charge is 2.66. The van der Waals surface area contributed by atoms with E-state index in [1.54, 1.807) is 0 Å². The van der Waals surface area contributed by atoms with E-state index < -0.39 is 0 Å². The van der Waals surface area contributed by atoms with Gasteiger partial charge >= 0.3 is 0 Å². The van der Waals surface area contributed by atoms with Crippen LogP contribution >= 0.6 is 0 Å². The van der Waals surface area contributed by atoms with Crippen LogP contribution in [0.2, 0.25) is 0 Å². The van der Waals surface area contributed by atoms with Gasteiger partial charge in [-0.05, 0) is 25.3 Å². The molecule has 1 spiro atoms. The summed E-state index contributed by atoms with van der Waals surface area (Å²) in [6.07, 6.45) is 6.63. The van der Waals surface area contributed by atoms with Crippen LogP contribution in [0, 0.1) is 11.3 Å². The number of ether oxygens (including phenoxy) is 1. The molecule has 3 heteroatoms. The Balaban J connectivity index is 1.76. The molecule has 1 amide bonds. The van der Waals surface area contributed by atoms with Crippen LogP contribution in [-0.4, -0.2) is 24.7 Å². The van der Waals surface area contributed by atoms with Crippen molar-refractivity contribution in [3.8, 4) is 0 Å². The molecule has 3 fully saturated rings. The average Bonchev–Trinajstić information content (AvgIpc) is 2.57. The van der Waals surface area contributed by atoms with Crippen LogP contribution in [0.15, 0.2) is 12.7 Å². The van der Waals surface area contributed by atoms with Gasteiger partial charge in [0.05, 0.1) is 6.10 Å². The van der Waals surface area contributed by atoms with Crippen molar-refractivity contribution in [2.45, 2.75) is 37.8 Å². The zero-order valence-electron chi connectivity index (χ0n) is 8.87. The molecule has 0 aromatic heterocycles. The highest BCUT2D eigenvalue weighted by atomic mass is 16.5. The second kappa shape index (κ2) is 3.08. The normalized spacial score (nSPS) is 40.1. The summed E-state index contributed by atoms with van der Waals surface area (Å²) in [5.41, 5.74) is 0.292. The molecule has 0 radical (unpaired) electrons. The van der Waals surface area contributed by atoms with Crippen LogP contribution in [0.25, 0.3) is 0 Å². The zero-order chi connectivity index (χ0) is 10.5. The van der Waals surface area contributed by atoms with E-state index in [4.69, 9.17) is 4.74 Å². The van der Waals surface area contributed by atoms with E-state index in [2.05, 4.69) is 11.9 Å². The Morgan fingerprint density at radius 2 is 2.33 bits per heavy atom. The van der Waals surface area contributed by atoms with Crippen LogP contribution < -0.4 is 5.32 Å². The number of hydrogen-bond donors (Lipinski definition) is 1. The van der Waals surface area contributed by atoms with E-state index >= 15 is 0 Å². The number of fused-ring (bicyclic) bond motifs is 2. The van der Waals surface area contributed by atoms with Gasteiger partial charge in [-0.15, -0.1) is 0 Å². The lowest BCUT2D eigenvalue weighted by Crippen LogP contribution is -2.71. The first kappa shape index (κ1) is 9.40. The van der Waals surface area contributed by atoms with Crippen LogP contribution in [0.1, 0.15) is 25.7 Å². The zero-order valence-corrected chi connectivity index (χ0v) is 8.87. The molecule has 3 unspecified atom stereocenters. The molecule has 1 N–H and O–H groups in total. The fraction of sp³-hybridized carbons (Fsp3) is 0.750. The molecule has 82 valence electrons. The Bertz CT molecular complexity index is 309. The van der Waals surface area contributed by atoms with Crippen molar-refractivity contribution in [2.75, 3.05) is 6.61 Å². The molecular weight excluding hydrogens is 190 g/mol. The highest BCUT2D eigenvalue weighted by molar-refractivity contribution is 5.87. The van der Waals surface area contributed by atoms with E-state index in [0.29, 0.717) is 23.5 Å². The fourth-order valence-electron chi connectivity index (χ4n) is 3.67. The Hall–Kier alpha value is -0.830. The number of hydrogen-bond acceptors (Lipinski definition) is 2. The molecule has 15 heavy (non-hydrogen) atoms. The van der Waals surface area contributed by atoms with Crippen LogP contribution in [0.5, 0.6) is 0 Å². The third-order valence-electron chi connectivity index (χ3n) is 4.52. The molecule has 3 nitrogen and oxygen atoms in total. The van der Waals surface area contributed by atoms with Crippen molar-refractivity contribution in [1.29, 1.82) is 0 Å². The Morgan fingerprint density at radius 1 is 1.53 bits per heavy atom. The minimum atomic E-state index is -0.0309. The van der Waals surface area contributed by atoms with Crippen molar-refractivity contribution in [3.05, 3.63) is 12.7 Å². The van der Waals surface area contributed by atoms with Crippen molar-refractivity contribution < 1.29 is 9.53 Å². The van der Waals surface area contributed by atoms with Gasteiger partial charge in [-0.1, -0.05) is 13.0 Å². The van der Waals surface area contributed by atoms with E-state index in [1.807, 2.05) is 0 Å². The summed E-state index contributed by atoms with van der Waals surface area (Å²) in [5, 5.41) is 3.09. The standard InChI is InChI=1S/C12H17NO2/c1-2-9(14)13-10-8-4-7-15-11(8)12(10)5-3-6-12/h2,8,10-11H,1,3-7H2,(H,13,14). The van der Waals surface area contributed by atoms with E-state index in [0.717, 1.165) is 13.0 Å². The molecular formula is C12H17NO2. The Kier molecular flexibility index (Phi) is 1.93. The summed E-state index contributed by atoms with van der Waals surface area (Å²) in [4.78, 5) is 11.4. The topological polar surface area (TPSA) is 38.3 Å². The summed E-state index contributed by atoms with van der Waals surface area (Å²) >= 11 is 0. The quantitative estimate of drug-likeness (QED) is 0.692. The Morgan fingerprint density at radius 3 is 2.93 bits per heavy atom. The number of amides is 1. The van der Waals surface area contributed by atoms with Crippen LogP contribution in [0.3, 0.4) is 0 Å². The van der Waals surface area contributed by atoms with Gasteiger partial charge in [0, 0.05) is 24.0 Å². The SMILES string of the molecule is C=CC(=O)NC1C2CCOC2C12CCC2. The lowest BCUT2D eigenvalue weighted by atomic mass is 9.46. The van der Waals surface area contributed by atoms with Gasteiger partial charge in [0.25, 0.3) is 0 Å². The minimum Gasteiger partial charge on any atom is -0.377 e. The van der Waals surface area contributed by atoms with Gasteiger partial charge in [-0.3, -0.25) is 4.79 Å². The third kappa shape index (κ3) is 1.07. The van der Waals surface area contributed by atoms with Gasteiger partial charge < -0.3 is 10.1 Å². The lowest BCUT2D eigenvalue weighted by molar-refractivity contribution is -0.178. The van der Waals surface area contributed by atoms with Crippen LogP contribution in [-0.2, 0) is 9.53 Å². The third-order valence-corrected chi connectivity index (χ3v) is 4.52. The first-order valence-corrected chi connectivity index (χ1v) is 5.82. The summed E-state index contributed by atoms with van der Waals surface area (Å²) in [6, 6.07) is 0.351. The van der Waals surface area contributed by atoms with Gasteiger partial charge in [0.1, 0.15) is 0 Å². The number of nitrogens with one attached hydrogen (secondary N) is 1. The van der Waals surface area contributed by atoms with Gasteiger partial charge in [-0.25, -0.2) is 0 Å². The molecule has 0 aromatic carbocycles. The maximum atomic E-state index is 11.4. The molecule has 1 aliphatic heterocycles. The highest BCUT2D eigenvalue weighted by Crippen LogP contribution is 2.62. The summed E-state index contributed by atoms with van der Waals surface area (Å²) in [7, 11) is 0. The predicted octanol–water partition coefficient (Wildman–Crippen LogP) is 1.25. The fourth-order valence-corrected chi connectivity index (χ4v) is 3.67.